The van der Waals surface area contributed by atoms with Crippen LogP contribution in [0.25, 0.3) is 10.2 Å². The van der Waals surface area contributed by atoms with Gasteiger partial charge >= 0.3 is 12.3 Å². The highest BCUT2D eigenvalue weighted by molar-refractivity contribution is 7.18. The Balaban J connectivity index is 1.54. The molecular formula is C19H23F3N4O2S. The number of halogens is 3. The molecule has 2 fully saturated rings. The lowest BCUT2D eigenvalue weighted by atomic mass is 9.82. The van der Waals surface area contributed by atoms with E-state index in [1.807, 2.05) is 20.8 Å². The van der Waals surface area contributed by atoms with Crippen molar-refractivity contribution >= 4 is 33.5 Å². The molecule has 2 aromatic heterocycles. The first-order valence-electron chi connectivity index (χ1n) is 9.55. The number of carbonyl (C=O) groups excluding carboxylic acids is 1. The normalized spacial score (nSPS) is 22.4. The molecule has 2 saturated heterocycles. The van der Waals surface area contributed by atoms with E-state index >= 15 is 0 Å². The van der Waals surface area contributed by atoms with E-state index < -0.39 is 18.2 Å². The van der Waals surface area contributed by atoms with E-state index in [2.05, 4.69) is 14.9 Å². The van der Waals surface area contributed by atoms with Gasteiger partial charge in [-0.3, -0.25) is 0 Å². The Morgan fingerprint density at radius 3 is 2.72 bits per heavy atom. The Hall–Kier alpha value is -2.10. The predicted octanol–water partition coefficient (Wildman–Crippen LogP) is 4.24. The Morgan fingerprint density at radius 1 is 1.28 bits per heavy atom. The van der Waals surface area contributed by atoms with Gasteiger partial charge in [0.1, 0.15) is 22.6 Å². The molecule has 29 heavy (non-hydrogen) atoms. The number of hydrogen-bond acceptors (Lipinski definition) is 6. The van der Waals surface area contributed by atoms with Gasteiger partial charge in [-0.05, 0) is 33.3 Å². The Kier molecular flexibility index (Phi) is 4.87. The molecule has 4 heterocycles. The highest BCUT2D eigenvalue weighted by Crippen LogP contribution is 2.40. The number of thiophene rings is 1. The number of hydrogen-bond donors (Lipinski definition) is 0. The van der Waals surface area contributed by atoms with Crippen LogP contribution in [0.4, 0.5) is 23.8 Å². The van der Waals surface area contributed by atoms with Crippen molar-refractivity contribution in [3.05, 3.63) is 17.3 Å². The molecule has 158 valence electrons. The van der Waals surface area contributed by atoms with Gasteiger partial charge in [0.25, 0.3) is 0 Å². The van der Waals surface area contributed by atoms with Crippen LogP contribution < -0.4 is 4.90 Å². The summed E-state index contributed by atoms with van der Waals surface area (Å²) < 4.78 is 43.8. The molecule has 6 nitrogen and oxygen atoms in total. The Labute approximate surface area is 170 Å². The summed E-state index contributed by atoms with van der Waals surface area (Å²) in [5.41, 5.74) is -0.558. The number of anilines is 1. The number of likely N-dealkylation sites (tertiary alicyclic amines) is 1. The third-order valence-electron chi connectivity index (χ3n) is 5.21. The van der Waals surface area contributed by atoms with Gasteiger partial charge in [0, 0.05) is 30.4 Å². The van der Waals surface area contributed by atoms with Crippen LogP contribution in [0.5, 0.6) is 0 Å². The lowest BCUT2D eigenvalue weighted by Crippen LogP contribution is -2.65. The summed E-state index contributed by atoms with van der Waals surface area (Å²) in [5.74, 6) is 1.08. The second-order valence-corrected chi connectivity index (χ2v) is 9.73. The van der Waals surface area contributed by atoms with E-state index in [0.717, 1.165) is 24.3 Å². The molecule has 0 N–H and O–H groups in total. The van der Waals surface area contributed by atoms with Gasteiger partial charge in [0.2, 0.25) is 0 Å². The summed E-state index contributed by atoms with van der Waals surface area (Å²) >= 11 is 1.05. The van der Waals surface area contributed by atoms with Crippen molar-refractivity contribution in [2.75, 3.05) is 24.5 Å². The van der Waals surface area contributed by atoms with Gasteiger partial charge in [0.15, 0.2) is 0 Å². The lowest BCUT2D eigenvalue weighted by molar-refractivity contribution is -0.126. The standard InChI is InChI=1S/C19H23F3N4O2S/c1-18(2,3)28-17(27)25-5-4-11-8-26(14(11)9-25)15-13-6-12(7-19(20,21)22)29-16(13)24-10-23-15/h6,10-11,14H,4-5,7-9H2,1-3H3/t11-,14-/m0/s1. The van der Waals surface area contributed by atoms with Gasteiger partial charge in [-0.25, -0.2) is 14.8 Å². The summed E-state index contributed by atoms with van der Waals surface area (Å²) in [7, 11) is 0. The van der Waals surface area contributed by atoms with Crippen LogP contribution in [0.1, 0.15) is 32.1 Å². The van der Waals surface area contributed by atoms with Gasteiger partial charge < -0.3 is 14.5 Å². The Bertz CT molecular complexity index is 924. The first-order valence-corrected chi connectivity index (χ1v) is 10.4. The Morgan fingerprint density at radius 2 is 2.03 bits per heavy atom. The molecule has 10 heteroatoms. The maximum atomic E-state index is 12.8. The fourth-order valence-corrected chi connectivity index (χ4v) is 4.96. The third kappa shape index (κ3) is 4.26. The molecule has 0 aliphatic carbocycles. The minimum absolute atomic E-state index is 0.0836. The van der Waals surface area contributed by atoms with Gasteiger partial charge in [-0.1, -0.05) is 0 Å². The molecule has 0 radical (unpaired) electrons. The number of rotatable bonds is 2. The number of carbonyl (C=O) groups is 1. The van der Waals surface area contributed by atoms with Crippen molar-refractivity contribution in [1.29, 1.82) is 0 Å². The van der Waals surface area contributed by atoms with Crippen molar-refractivity contribution in [3.63, 3.8) is 0 Å². The summed E-state index contributed by atoms with van der Waals surface area (Å²) in [6, 6.07) is 1.63. The van der Waals surface area contributed by atoms with Crippen LogP contribution in [0, 0.1) is 5.92 Å². The number of nitrogens with zero attached hydrogens (tertiary/aromatic N) is 4. The van der Waals surface area contributed by atoms with Crippen molar-refractivity contribution in [3.8, 4) is 0 Å². The van der Waals surface area contributed by atoms with Crippen LogP contribution >= 0.6 is 11.3 Å². The summed E-state index contributed by atoms with van der Waals surface area (Å²) in [4.78, 5) is 25.5. The number of fused-ring (bicyclic) bond motifs is 2. The van der Waals surface area contributed by atoms with E-state index in [1.54, 1.807) is 11.0 Å². The molecular weight excluding hydrogens is 405 g/mol. The van der Waals surface area contributed by atoms with Crippen LogP contribution in [-0.4, -0.2) is 58.4 Å². The quantitative estimate of drug-likeness (QED) is 0.716. The third-order valence-corrected chi connectivity index (χ3v) is 6.25. The highest BCUT2D eigenvalue weighted by Gasteiger charge is 2.45. The molecule has 0 aromatic carbocycles. The molecule has 2 atom stereocenters. The molecule has 0 unspecified atom stereocenters. The van der Waals surface area contributed by atoms with Crippen molar-refractivity contribution < 1.29 is 22.7 Å². The monoisotopic (exact) mass is 428 g/mol. The average Bonchev–Trinajstić information content (AvgIpc) is 2.95. The number of amides is 1. The first kappa shape index (κ1) is 20.2. The SMILES string of the molecule is CC(C)(C)OC(=O)N1CC[C@H]2CN(c3ncnc4sc(CC(F)(F)F)cc34)[C@H]2C1. The average molecular weight is 428 g/mol. The predicted molar refractivity (Wildman–Crippen MR) is 104 cm³/mol. The number of ether oxygens (including phenoxy) is 1. The number of aromatic nitrogens is 2. The second kappa shape index (κ2) is 7.00. The van der Waals surface area contributed by atoms with Gasteiger partial charge in [-0.15, -0.1) is 11.3 Å². The van der Waals surface area contributed by atoms with Crippen LogP contribution in [0.3, 0.4) is 0 Å². The van der Waals surface area contributed by atoms with Crippen LogP contribution in [0.2, 0.25) is 0 Å². The summed E-state index contributed by atoms with van der Waals surface area (Å²) in [5, 5.41) is 0.643. The smallest absolute Gasteiger partial charge is 0.410 e. The van der Waals surface area contributed by atoms with E-state index in [4.69, 9.17) is 4.74 Å². The van der Waals surface area contributed by atoms with E-state index in [1.165, 1.54) is 6.33 Å². The highest BCUT2D eigenvalue weighted by atomic mass is 32.1. The topological polar surface area (TPSA) is 58.6 Å². The summed E-state index contributed by atoms with van der Waals surface area (Å²) in [6.45, 7) is 7.45. The molecule has 2 aliphatic heterocycles. The molecule has 1 amide bonds. The fourth-order valence-electron chi connectivity index (χ4n) is 3.94. The first-order chi connectivity index (χ1) is 13.5. The number of alkyl halides is 3. The molecule has 2 aliphatic rings. The fraction of sp³-hybridized carbons (Fsp3) is 0.632. The van der Waals surface area contributed by atoms with Crippen molar-refractivity contribution in [1.82, 2.24) is 14.9 Å². The zero-order valence-electron chi connectivity index (χ0n) is 16.5. The minimum atomic E-state index is -4.26. The van der Waals surface area contributed by atoms with Crippen molar-refractivity contribution in [2.24, 2.45) is 5.92 Å². The van der Waals surface area contributed by atoms with Crippen LogP contribution in [0.15, 0.2) is 12.4 Å². The van der Waals surface area contributed by atoms with Crippen molar-refractivity contribution in [2.45, 2.75) is 51.4 Å². The van der Waals surface area contributed by atoms with Gasteiger partial charge in [0.05, 0.1) is 17.8 Å². The zero-order chi connectivity index (χ0) is 21.0. The molecule has 0 bridgehead atoms. The molecule has 2 aromatic rings. The van der Waals surface area contributed by atoms with Crippen LogP contribution in [-0.2, 0) is 11.2 Å². The maximum Gasteiger partial charge on any atom is 0.410 e. The molecule has 0 saturated carbocycles. The largest absolute Gasteiger partial charge is 0.444 e. The maximum absolute atomic E-state index is 12.8. The van der Waals surface area contributed by atoms with Gasteiger partial charge in [-0.2, -0.15) is 13.2 Å². The van der Waals surface area contributed by atoms with E-state index in [-0.39, 0.29) is 17.0 Å². The van der Waals surface area contributed by atoms with E-state index in [0.29, 0.717) is 35.0 Å². The minimum Gasteiger partial charge on any atom is -0.444 e. The zero-order valence-corrected chi connectivity index (χ0v) is 17.3. The second-order valence-electron chi connectivity index (χ2n) is 8.62. The molecule has 0 spiro atoms. The number of piperidine rings is 1. The van der Waals surface area contributed by atoms with E-state index in [9.17, 15) is 18.0 Å². The lowest BCUT2D eigenvalue weighted by Gasteiger charge is -2.53. The molecule has 4 rings (SSSR count). The summed E-state index contributed by atoms with van der Waals surface area (Å²) in [6.07, 6.45) is -3.29.